The van der Waals surface area contributed by atoms with E-state index in [4.69, 9.17) is 10.00 Å². The molecule has 1 unspecified atom stereocenters. The lowest BCUT2D eigenvalue weighted by atomic mass is 9.82. The van der Waals surface area contributed by atoms with Gasteiger partial charge in [-0.05, 0) is 72.8 Å². The maximum absolute atomic E-state index is 8.95. The summed E-state index contributed by atoms with van der Waals surface area (Å²) < 4.78 is 6.29. The topological polar surface area (TPSA) is 33.0 Å². The molecular weight excluding hydrogens is 354 g/mol. The normalized spacial score (nSPS) is 20.2. The van der Waals surface area contributed by atoms with Gasteiger partial charge in [-0.3, -0.25) is 0 Å². The van der Waals surface area contributed by atoms with E-state index in [0.29, 0.717) is 17.6 Å². The minimum Gasteiger partial charge on any atom is -0.378 e. The third-order valence-corrected chi connectivity index (χ3v) is 6.51. The average Bonchev–Trinajstić information content (AvgIpc) is 2.80. The van der Waals surface area contributed by atoms with Crippen LogP contribution in [0, 0.1) is 17.2 Å². The highest BCUT2D eigenvalue weighted by Gasteiger charge is 2.23. The molecule has 0 bridgehead atoms. The van der Waals surface area contributed by atoms with Crippen LogP contribution in [-0.4, -0.2) is 12.7 Å². The highest BCUT2D eigenvalue weighted by atomic mass is 16.5. The Balaban J connectivity index is 1.48. The van der Waals surface area contributed by atoms with Crippen LogP contribution < -0.4 is 0 Å². The molecule has 0 saturated heterocycles. The van der Waals surface area contributed by atoms with E-state index in [-0.39, 0.29) is 0 Å². The third kappa shape index (κ3) is 6.18. The summed E-state index contributed by atoms with van der Waals surface area (Å²) in [6, 6.07) is 19.0. The molecule has 3 rings (SSSR count). The average molecular weight is 390 g/mol. The van der Waals surface area contributed by atoms with Gasteiger partial charge in [0.25, 0.3) is 0 Å². The largest absolute Gasteiger partial charge is 0.378 e. The van der Waals surface area contributed by atoms with E-state index in [9.17, 15) is 0 Å². The first kappa shape index (κ1) is 21.6. The van der Waals surface area contributed by atoms with Crippen molar-refractivity contribution in [1.82, 2.24) is 0 Å². The molecule has 2 aromatic rings. The Morgan fingerprint density at radius 2 is 1.55 bits per heavy atom. The zero-order valence-electron chi connectivity index (χ0n) is 18.1. The van der Waals surface area contributed by atoms with E-state index in [0.717, 1.165) is 12.5 Å². The highest BCUT2D eigenvalue weighted by Crippen LogP contribution is 2.35. The van der Waals surface area contributed by atoms with Crippen molar-refractivity contribution in [1.29, 1.82) is 5.26 Å². The van der Waals surface area contributed by atoms with E-state index >= 15 is 0 Å². The molecule has 2 heteroatoms. The van der Waals surface area contributed by atoms with Gasteiger partial charge < -0.3 is 4.74 Å². The Hall–Kier alpha value is -2.11. The van der Waals surface area contributed by atoms with E-state index in [1.807, 2.05) is 24.3 Å². The van der Waals surface area contributed by atoms with E-state index in [1.54, 1.807) is 0 Å². The second-order valence-corrected chi connectivity index (χ2v) is 8.53. The molecule has 0 aliphatic heterocycles. The third-order valence-electron chi connectivity index (χ3n) is 6.51. The summed E-state index contributed by atoms with van der Waals surface area (Å²) in [5, 5.41) is 8.95. The molecule has 0 radical (unpaired) electrons. The molecule has 0 N–H and O–H groups in total. The van der Waals surface area contributed by atoms with Crippen LogP contribution in [0.1, 0.15) is 82.3 Å². The van der Waals surface area contributed by atoms with E-state index in [2.05, 4.69) is 44.2 Å². The fourth-order valence-electron chi connectivity index (χ4n) is 4.42. The summed E-state index contributed by atoms with van der Waals surface area (Å²) in [6.07, 6.45) is 10.4. The highest BCUT2D eigenvalue weighted by molar-refractivity contribution is 5.64. The van der Waals surface area contributed by atoms with Crippen LogP contribution in [0.25, 0.3) is 11.1 Å². The van der Waals surface area contributed by atoms with Gasteiger partial charge in [0.1, 0.15) is 0 Å². The zero-order valence-corrected chi connectivity index (χ0v) is 18.1. The van der Waals surface area contributed by atoms with Crippen LogP contribution in [0.15, 0.2) is 48.5 Å². The van der Waals surface area contributed by atoms with Gasteiger partial charge in [0.2, 0.25) is 0 Å². The molecule has 1 aliphatic carbocycles. The number of unbranched alkanes of at least 4 members (excludes halogenated alkanes) is 1. The Morgan fingerprint density at radius 3 is 2.10 bits per heavy atom. The first-order valence-electron chi connectivity index (χ1n) is 11.5. The summed E-state index contributed by atoms with van der Waals surface area (Å²) >= 11 is 0. The van der Waals surface area contributed by atoms with Gasteiger partial charge in [-0.1, -0.05) is 69.5 Å². The van der Waals surface area contributed by atoms with Crippen molar-refractivity contribution in [3.8, 4) is 17.2 Å². The molecule has 0 amide bonds. The smallest absolute Gasteiger partial charge is 0.0991 e. The Labute approximate surface area is 176 Å². The van der Waals surface area contributed by atoms with Crippen LogP contribution >= 0.6 is 0 Å². The molecule has 1 aliphatic rings. The molecule has 0 aromatic heterocycles. The Kier molecular flexibility index (Phi) is 8.32. The summed E-state index contributed by atoms with van der Waals surface area (Å²) in [4.78, 5) is 0. The van der Waals surface area contributed by atoms with E-state index < -0.39 is 0 Å². The van der Waals surface area contributed by atoms with Crippen molar-refractivity contribution >= 4 is 0 Å². The van der Waals surface area contributed by atoms with Crippen molar-refractivity contribution in [3.05, 3.63) is 59.7 Å². The van der Waals surface area contributed by atoms with Crippen molar-refractivity contribution in [2.45, 2.75) is 77.2 Å². The van der Waals surface area contributed by atoms with Crippen LogP contribution in [-0.2, 0) is 4.74 Å². The van der Waals surface area contributed by atoms with Crippen LogP contribution in [0.2, 0.25) is 0 Å². The number of benzene rings is 2. The quantitative estimate of drug-likeness (QED) is 0.445. The lowest BCUT2D eigenvalue weighted by molar-refractivity contribution is 0.00221. The van der Waals surface area contributed by atoms with Gasteiger partial charge in [0.15, 0.2) is 0 Å². The molecular formula is C27H35NO. The fraction of sp³-hybridized carbons (Fsp3) is 0.519. The summed E-state index contributed by atoms with van der Waals surface area (Å²) in [6.45, 7) is 5.51. The van der Waals surface area contributed by atoms with Gasteiger partial charge >= 0.3 is 0 Å². The van der Waals surface area contributed by atoms with Gasteiger partial charge in [-0.25, -0.2) is 0 Å². The zero-order chi connectivity index (χ0) is 20.5. The van der Waals surface area contributed by atoms with E-state index in [1.165, 1.54) is 68.1 Å². The molecule has 29 heavy (non-hydrogen) atoms. The molecule has 0 heterocycles. The van der Waals surface area contributed by atoms with Crippen LogP contribution in [0.4, 0.5) is 0 Å². The van der Waals surface area contributed by atoms with Crippen molar-refractivity contribution < 1.29 is 4.74 Å². The van der Waals surface area contributed by atoms with Crippen molar-refractivity contribution in [2.75, 3.05) is 6.61 Å². The van der Waals surface area contributed by atoms with Gasteiger partial charge in [-0.15, -0.1) is 0 Å². The second kappa shape index (κ2) is 11.2. The minimum absolute atomic E-state index is 0.458. The summed E-state index contributed by atoms with van der Waals surface area (Å²) in [5.41, 5.74) is 4.55. The van der Waals surface area contributed by atoms with Crippen molar-refractivity contribution in [3.63, 3.8) is 0 Å². The SMILES string of the molecule is CCCCC(CC)CO[C@H]1CC[C@H](c2ccc(-c3ccc(C#N)cc3)cc2)CC1. The number of nitrogens with zero attached hydrogens (tertiary/aromatic N) is 1. The number of nitriles is 1. The van der Waals surface area contributed by atoms with Gasteiger partial charge in [0.05, 0.1) is 17.7 Å². The molecule has 1 saturated carbocycles. The molecule has 2 nitrogen and oxygen atoms in total. The lowest BCUT2D eigenvalue weighted by Crippen LogP contribution is -2.23. The number of rotatable bonds is 9. The number of ether oxygens (including phenoxy) is 1. The summed E-state index contributed by atoms with van der Waals surface area (Å²) in [7, 11) is 0. The maximum atomic E-state index is 8.95. The maximum Gasteiger partial charge on any atom is 0.0991 e. The fourth-order valence-corrected chi connectivity index (χ4v) is 4.42. The molecule has 154 valence electrons. The second-order valence-electron chi connectivity index (χ2n) is 8.53. The minimum atomic E-state index is 0.458. The Morgan fingerprint density at radius 1 is 0.931 bits per heavy atom. The molecule has 1 atom stereocenters. The number of hydrogen-bond donors (Lipinski definition) is 0. The summed E-state index contributed by atoms with van der Waals surface area (Å²) in [5.74, 6) is 1.40. The predicted octanol–water partition coefficient (Wildman–Crippen LogP) is 7.48. The molecule has 2 aromatic carbocycles. The molecule has 1 fully saturated rings. The lowest BCUT2D eigenvalue weighted by Gasteiger charge is -2.30. The van der Waals surface area contributed by atoms with Crippen LogP contribution in [0.5, 0.6) is 0 Å². The Bertz CT molecular complexity index is 764. The first-order valence-corrected chi connectivity index (χ1v) is 11.5. The van der Waals surface area contributed by atoms with Gasteiger partial charge in [-0.2, -0.15) is 5.26 Å². The van der Waals surface area contributed by atoms with Crippen LogP contribution in [0.3, 0.4) is 0 Å². The predicted molar refractivity (Wildman–Crippen MR) is 121 cm³/mol. The monoisotopic (exact) mass is 389 g/mol. The van der Waals surface area contributed by atoms with Gasteiger partial charge in [0, 0.05) is 6.61 Å². The van der Waals surface area contributed by atoms with Crippen molar-refractivity contribution in [2.24, 2.45) is 5.92 Å². The standard InChI is InChI=1S/C27H35NO/c1-3-5-6-21(4-2)20-29-27-17-15-26(16-18-27)25-13-11-24(12-14-25)23-9-7-22(19-28)8-10-23/h7-14,21,26-27H,3-6,15-18,20H2,1-2H3/t21?,26-,27-. The first-order chi connectivity index (χ1) is 14.2. The molecule has 0 spiro atoms. The number of hydrogen-bond acceptors (Lipinski definition) is 2.